The number of nitrogens with one attached hydrogen (secondary N) is 2. The molecule has 2 aromatic rings. The van der Waals surface area contributed by atoms with Gasteiger partial charge in [0.15, 0.2) is 11.6 Å². The predicted octanol–water partition coefficient (Wildman–Crippen LogP) is 3.68. The van der Waals surface area contributed by atoms with Crippen molar-refractivity contribution in [2.45, 2.75) is 39.9 Å². The number of hydrogen-bond donors (Lipinski definition) is 2. The van der Waals surface area contributed by atoms with E-state index >= 15 is 0 Å². The Balaban J connectivity index is 1.57. The number of aryl methyl sites for hydroxylation is 1. The lowest BCUT2D eigenvalue weighted by Gasteiger charge is -2.37. The van der Waals surface area contributed by atoms with Crippen molar-refractivity contribution in [3.63, 3.8) is 0 Å². The molecule has 1 saturated heterocycles. The van der Waals surface area contributed by atoms with Gasteiger partial charge in [0, 0.05) is 37.4 Å². The van der Waals surface area contributed by atoms with E-state index in [4.69, 9.17) is 0 Å². The van der Waals surface area contributed by atoms with Crippen LogP contribution in [-0.4, -0.2) is 71.0 Å². The molecule has 0 radical (unpaired) electrons. The van der Waals surface area contributed by atoms with Crippen molar-refractivity contribution in [2.24, 2.45) is 0 Å². The standard InChI is InChI=1S/C24H29F3N4O3/c1-14-21(17(4)32)15(2)28-22(14)23(34)16(3)31-11-9-30(10-12-31)13-20(33)29-19-8-6-5-7-18(19)24(25,26)27/h5-8,16,28H,9-13H2,1-4H3,(H,29,33). The number of aromatic nitrogens is 1. The minimum absolute atomic E-state index is 0.0424. The summed E-state index contributed by atoms with van der Waals surface area (Å²) >= 11 is 0. The fourth-order valence-corrected chi connectivity index (χ4v) is 4.44. The average Bonchev–Trinajstić information content (AvgIpc) is 3.06. The first-order chi connectivity index (χ1) is 15.9. The van der Waals surface area contributed by atoms with Crippen LogP contribution in [0.5, 0.6) is 0 Å². The second-order valence-electron chi connectivity index (χ2n) is 8.63. The van der Waals surface area contributed by atoms with Crippen LogP contribution in [0.2, 0.25) is 0 Å². The van der Waals surface area contributed by atoms with Crippen LogP contribution in [0, 0.1) is 13.8 Å². The average molecular weight is 479 g/mol. The van der Waals surface area contributed by atoms with Crippen molar-refractivity contribution in [1.29, 1.82) is 0 Å². The number of halogens is 3. The van der Waals surface area contributed by atoms with Crippen LogP contribution in [0.25, 0.3) is 0 Å². The number of piperazine rings is 1. The van der Waals surface area contributed by atoms with Gasteiger partial charge in [0.2, 0.25) is 5.91 Å². The summed E-state index contributed by atoms with van der Waals surface area (Å²) in [6, 6.07) is 4.45. The van der Waals surface area contributed by atoms with E-state index in [0.717, 1.165) is 6.07 Å². The van der Waals surface area contributed by atoms with Gasteiger partial charge in [-0.15, -0.1) is 0 Å². The Kier molecular flexibility index (Phi) is 7.62. The molecule has 184 valence electrons. The number of hydrogen-bond acceptors (Lipinski definition) is 5. The molecule has 0 bridgehead atoms. The molecule has 0 aliphatic carbocycles. The minimum Gasteiger partial charge on any atom is -0.355 e. The summed E-state index contributed by atoms with van der Waals surface area (Å²) in [7, 11) is 0. The summed E-state index contributed by atoms with van der Waals surface area (Å²) in [6.45, 7) is 8.80. The largest absolute Gasteiger partial charge is 0.418 e. The number of anilines is 1. The summed E-state index contributed by atoms with van der Waals surface area (Å²) in [6.07, 6.45) is -4.56. The molecule has 1 atom stereocenters. The number of ketones is 2. The van der Waals surface area contributed by atoms with Crippen LogP contribution in [0.3, 0.4) is 0 Å². The molecule has 3 rings (SSSR count). The van der Waals surface area contributed by atoms with Gasteiger partial charge >= 0.3 is 6.18 Å². The van der Waals surface area contributed by atoms with E-state index in [1.165, 1.54) is 25.1 Å². The maximum Gasteiger partial charge on any atom is 0.418 e. The van der Waals surface area contributed by atoms with Crippen LogP contribution in [0.4, 0.5) is 18.9 Å². The minimum atomic E-state index is -4.56. The molecule has 1 aliphatic heterocycles. The van der Waals surface area contributed by atoms with Gasteiger partial charge in [-0.05, 0) is 45.4 Å². The van der Waals surface area contributed by atoms with Gasteiger partial charge in [-0.2, -0.15) is 13.2 Å². The third-order valence-electron chi connectivity index (χ3n) is 6.24. The lowest BCUT2D eigenvalue weighted by Crippen LogP contribution is -2.53. The molecular formula is C24H29F3N4O3. The number of benzene rings is 1. The lowest BCUT2D eigenvalue weighted by molar-refractivity contribution is -0.137. The summed E-state index contributed by atoms with van der Waals surface area (Å²) in [4.78, 5) is 44.2. The number of Topliss-reactive ketones (excluding diaryl/α,β-unsaturated/α-hetero) is 2. The highest BCUT2D eigenvalue weighted by Crippen LogP contribution is 2.34. The van der Waals surface area contributed by atoms with E-state index in [2.05, 4.69) is 10.3 Å². The molecule has 0 saturated carbocycles. The van der Waals surface area contributed by atoms with Crippen molar-refractivity contribution < 1.29 is 27.6 Å². The molecule has 1 fully saturated rings. The lowest BCUT2D eigenvalue weighted by atomic mass is 10.0. The molecule has 1 aliphatic rings. The smallest absolute Gasteiger partial charge is 0.355 e. The van der Waals surface area contributed by atoms with Gasteiger partial charge in [0.1, 0.15) is 0 Å². The summed E-state index contributed by atoms with van der Waals surface area (Å²) < 4.78 is 39.4. The van der Waals surface area contributed by atoms with Gasteiger partial charge in [-0.25, -0.2) is 0 Å². The van der Waals surface area contributed by atoms with Crippen molar-refractivity contribution in [1.82, 2.24) is 14.8 Å². The summed E-state index contributed by atoms with van der Waals surface area (Å²) in [5.74, 6) is -0.728. The van der Waals surface area contributed by atoms with Crippen molar-refractivity contribution in [2.75, 3.05) is 38.0 Å². The van der Waals surface area contributed by atoms with Crippen LogP contribution in [0.1, 0.15) is 51.5 Å². The van der Waals surface area contributed by atoms with Crippen molar-refractivity contribution >= 4 is 23.2 Å². The second-order valence-corrected chi connectivity index (χ2v) is 8.63. The summed E-state index contributed by atoms with van der Waals surface area (Å²) in [5.41, 5.74) is 1.14. The first kappa shape index (κ1) is 25.6. The van der Waals surface area contributed by atoms with E-state index < -0.39 is 23.7 Å². The SMILES string of the molecule is CC(=O)c1c(C)[nH]c(C(=O)C(C)N2CCN(CC(=O)Nc3ccccc3C(F)(F)F)CC2)c1C. The first-order valence-corrected chi connectivity index (χ1v) is 11.1. The fourth-order valence-electron chi connectivity index (χ4n) is 4.44. The molecule has 1 amide bonds. The van der Waals surface area contributed by atoms with Gasteiger partial charge < -0.3 is 10.3 Å². The van der Waals surface area contributed by atoms with Gasteiger partial charge in [0.05, 0.1) is 29.5 Å². The molecule has 1 unspecified atom stereocenters. The Labute approximate surface area is 196 Å². The quantitative estimate of drug-likeness (QED) is 0.593. The number of carbonyl (C=O) groups is 3. The highest BCUT2D eigenvalue weighted by atomic mass is 19.4. The number of carbonyl (C=O) groups excluding carboxylic acids is 3. The normalized spacial score (nSPS) is 16.3. The highest BCUT2D eigenvalue weighted by molar-refractivity contribution is 6.05. The van der Waals surface area contributed by atoms with Crippen LogP contribution >= 0.6 is 0 Å². The highest BCUT2D eigenvalue weighted by Gasteiger charge is 2.34. The molecular weight excluding hydrogens is 449 g/mol. The van der Waals surface area contributed by atoms with E-state index in [1.54, 1.807) is 13.8 Å². The number of nitrogens with zero attached hydrogens (tertiary/aromatic N) is 2. The second kappa shape index (κ2) is 10.1. The summed E-state index contributed by atoms with van der Waals surface area (Å²) in [5, 5.41) is 2.36. The number of amides is 1. The Morgan fingerprint density at radius 2 is 1.71 bits per heavy atom. The zero-order valence-corrected chi connectivity index (χ0v) is 19.7. The fraction of sp³-hybridized carbons (Fsp3) is 0.458. The van der Waals surface area contributed by atoms with Crippen LogP contribution in [0.15, 0.2) is 24.3 Å². The Hall–Kier alpha value is -2.98. The molecule has 10 heteroatoms. The topological polar surface area (TPSA) is 85.5 Å². The van der Waals surface area contributed by atoms with Crippen molar-refractivity contribution in [3.8, 4) is 0 Å². The number of alkyl halides is 3. The molecule has 2 N–H and O–H groups in total. The molecule has 0 spiro atoms. The number of aromatic amines is 1. The maximum absolute atomic E-state index is 13.1. The Morgan fingerprint density at radius 3 is 2.26 bits per heavy atom. The third kappa shape index (κ3) is 5.56. The molecule has 2 heterocycles. The Bertz CT molecular complexity index is 1090. The predicted molar refractivity (Wildman–Crippen MR) is 122 cm³/mol. The van der Waals surface area contributed by atoms with Crippen molar-refractivity contribution in [3.05, 3.63) is 52.3 Å². The van der Waals surface area contributed by atoms with E-state index in [0.29, 0.717) is 48.7 Å². The van der Waals surface area contributed by atoms with Crippen LogP contribution in [-0.2, 0) is 11.0 Å². The van der Waals surface area contributed by atoms with Gasteiger partial charge in [-0.1, -0.05) is 12.1 Å². The molecule has 7 nitrogen and oxygen atoms in total. The molecule has 1 aromatic heterocycles. The zero-order chi connectivity index (χ0) is 25.2. The van der Waals surface area contributed by atoms with E-state index in [1.807, 2.05) is 16.7 Å². The van der Waals surface area contributed by atoms with Gasteiger partial charge in [0.25, 0.3) is 0 Å². The Morgan fingerprint density at radius 1 is 1.09 bits per heavy atom. The number of rotatable bonds is 7. The number of para-hydroxylation sites is 1. The van der Waals surface area contributed by atoms with Gasteiger partial charge in [-0.3, -0.25) is 24.2 Å². The van der Waals surface area contributed by atoms with Crippen LogP contribution < -0.4 is 5.32 Å². The zero-order valence-electron chi connectivity index (χ0n) is 19.7. The van der Waals surface area contributed by atoms with E-state index in [-0.39, 0.29) is 23.8 Å². The third-order valence-corrected chi connectivity index (χ3v) is 6.24. The van der Waals surface area contributed by atoms with E-state index in [9.17, 15) is 27.6 Å². The number of H-pyrrole nitrogens is 1. The molecule has 34 heavy (non-hydrogen) atoms. The maximum atomic E-state index is 13.1. The molecule has 1 aromatic carbocycles. The first-order valence-electron chi connectivity index (χ1n) is 11.1. The monoisotopic (exact) mass is 478 g/mol.